The topological polar surface area (TPSA) is 54.5 Å². The van der Waals surface area contributed by atoms with E-state index < -0.39 is 35.8 Å². The van der Waals surface area contributed by atoms with E-state index in [-0.39, 0.29) is 30.9 Å². The van der Waals surface area contributed by atoms with E-state index in [4.69, 9.17) is 0 Å². The van der Waals surface area contributed by atoms with Gasteiger partial charge in [-0.25, -0.2) is 17.6 Å². The molecule has 2 aliphatic heterocycles. The summed E-state index contributed by atoms with van der Waals surface area (Å²) in [6.07, 6.45) is 0.917. The number of nitrogens with zero attached hydrogens (tertiary/aromatic N) is 2. The maximum Gasteiger partial charge on any atom is 0.143 e. The van der Waals surface area contributed by atoms with Crippen LogP contribution in [-0.2, 0) is 6.42 Å². The van der Waals surface area contributed by atoms with E-state index in [9.17, 15) is 13.9 Å². The first-order valence-electron chi connectivity index (χ1n) is 13.0. The molecule has 0 saturated carbocycles. The van der Waals surface area contributed by atoms with Gasteiger partial charge in [0.05, 0.1) is 25.4 Å². The number of benzene rings is 2. The Morgan fingerprint density at radius 1 is 1.13 bits per heavy atom. The van der Waals surface area contributed by atoms with Gasteiger partial charge in [0.15, 0.2) is 0 Å². The fraction of sp³-hybridized carbons (Fsp3) is 0.500. The summed E-state index contributed by atoms with van der Waals surface area (Å²) in [5.41, 5.74) is -0.156. The lowest BCUT2D eigenvalue weighted by molar-refractivity contribution is 0.0162. The van der Waals surface area contributed by atoms with E-state index in [2.05, 4.69) is 15.2 Å². The van der Waals surface area contributed by atoms with Gasteiger partial charge in [0.2, 0.25) is 0 Å². The van der Waals surface area contributed by atoms with Gasteiger partial charge < -0.3 is 15.4 Å². The molecule has 206 valence electrons. The highest BCUT2D eigenvalue weighted by Gasteiger charge is 2.42. The van der Waals surface area contributed by atoms with Crippen LogP contribution in [0.2, 0.25) is 0 Å². The summed E-state index contributed by atoms with van der Waals surface area (Å²) >= 11 is 0. The zero-order valence-electron chi connectivity index (χ0n) is 21.5. The quantitative estimate of drug-likeness (QED) is 0.333. The van der Waals surface area contributed by atoms with E-state index in [0.29, 0.717) is 49.4 Å². The van der Waals surface area contributed by atoms with Gasteiger partial charge in [-0.1, -0.05) is 0 Å². The number of fused-ring (bicyclic) bond motifs is 3. The first kappa shape index (κ1) is 26.9. The number of nitrogens with one attached hydrogen (secondary N) is 2. The molecule has 0 aliphatic carbocycles. The molecule has 2 aromatic carbocycles. The number of H-pyrrole nitrogens is 1. The molecule has 5 rings (SSSR count). The summed E-state index contributed by atoms with van der Waals surface area (Å²) in [5.74, 6) is -2.02. The van der Waals surface area contributed by atoms with E-state index in [1.807, 2.05) is 6.92 Å². The number of anilines is 1. The van der Waals surface area contributed by atoms with Crippen LogP contribution < -0.4 is 5.32 Å². The van der Waals surface area contributed by atoms with E-state index in [1.165, 1.54) is 31.2 Å². The maximum atomic E-state index is 15.8. The lowest BCUT2D eigenvalue weighted by atomic mass is 9.87. The van der Waals surface area contributed by atoms with Crippen LogP contribution in [0.4, 0.5) is 27.6 Å². The number of hydrogen-bond acceptors (Lipinski definition) is 4. The molecule has 0 bridgehead atoms. The van der Waals surface area contributed by atoms with E-state index in [0.717, 1.165) is 10.9 Å². The van der Waals surface area contributed by atoms with Crippen molar-refractivity contribution in [3.8, 4) is 0 Å². The Morgan fingerprint density at radius 2 is 1.84 bits per heavy atom. The molecule has 0 amide bonds. The maximum absolute atomic E-state index is 15.8. The fourth-order valence-corrected chi connectivity index (χ4v) is 5.81. The molecule has 0 unspecified atom stereocenters. The second-order valence-electron chi connectivity index (χ2n) is 10.9. The van der Waals surface area contributed by atoms with Crippen molar-refractivity contribution in [1.29, 1.82) is 0 Å². The van der Waals surface area contributed by atoms with Gasteiger partial charge >= 0.3 is 0 Å². The number of likely N-dealkylation sites (tertiary alicyclic amines) is 1. The number of aromatic amines is 1. The Bertz CT molecular complexity index is 1280. The smallest absolute Gasteiger partial charge is 0.143 e. The van der Waals surface area contributed by atoms with Crippen molar-refractivity contribution in [2.45, 2.75) is 50.5 Å². The normalized spacial score (nSPS) is 22.3. The zero-order chi connectivity index (χ0) is 27.2. The number of aliphatic hydroxyl groups is 1. The third-order valence-electron chi connectivity index (χ3n) is 7.70. The molecule has 38 heavy (non-hydrogen) atoms. The van der Waals surface area contributed by atoms with Crippen LogP contribution in [0.1, 0.15) is 43.1 Å². The minimum atomic E-state index is -2.01. The second-order valence-corrected chi connectivity index (χ2v) is 10.9. The minimum Gasteiger partial charge on any atom is -0.393 e. The van der Waals surface area contributed by atoms with Crippen LogP contribution in [0.15, 0.2) is 30.3 Å². The van der Waals surface area contributed by atoms with Gasteiger partial charge in [0, 0.05) is 60.1 Å². The van der Waals surface area contributed by atoms with E-state index >= 15 is 13.2 Å². The molecular weight excluding hydrogens is 503 g/mol. The average molecular weight is 537 g/mol. The number of hydrogen-bond donors (Lipinski definition) is 3. The molecule has 1 saturated heterocycles. The monoisotopic (exact) mass is 536 g/mol. The zero-order valence-corrected chi connectivity index (χ0v) is 21.5. The number of aromatic nitrogens is 1. The van der Waals surface area contributed by atoms with Crippen LogP contribution in [0.5, 0.6) is 0 Å². The molecule has 3 atom stereocenters. The van der Waals surface area contributed by atoms with Gasteiger partial charge in [-0.15, -0.1) is 0 Å². The lowest BCUT2D eigenvalue weighted by Gasteiger charge is -2.43. The van der Waals surface area contributed by atoms with Crippen LogP contribution in [0.3, 0.4) is 0 Å². The summed E-state index contributed by atoms with van der Waals surface area (Å²) in [4.78, 5) is 6.88. The van der Waals surface area contributed by atoms with Crippen LogP contribution in [0.25, 0.3) is 10.9 Å². The molecule has 0 spiro atoms. The third-order valence-corrected chi connectivity index (χ3v) is 7.70. The molecule has 5 nitrogen and oxygen atoms in total. The summed E-state index contributed by atoms with van der Waals surface area (Å²) in [5, 5.41) is 13.5. The first-order valence-corrected chi connectivity index (χ1v) is 13.0. The Labute approximate surface area is 218 Å². The summed E-state index contributed by atoms with van der Waals surface area (Å²) in [6, 6.07) is 5.46. The van der Waals surface area contributed by atoms with Crippen molar-refractivity contribution in [3.05, 3.63) is 64.6 Å². The average Bonchev–Trinajstić information content (AvgIpc) is 3.18. The highest BCUT2D eigenvalue weighted by atomic mass is 19.2. The van der Waals surface area contributed by atoms with E-state index in [1.54, 1.807) is 11.0 Å². The van der Waals surface area contributed by atoms with Crippen LogP contribution >= 0.6 is 0 Å². The van der Waals surface area contributed by atoms with Crippen molar-refractivity contribution >= 4 is 16.6 Å². The molecule has 2 aliphatic rings. The Balaban J connectivity index is 1.52. The molecule has 3 N–H and O–H groups in total. The molecule has 1 fully saturated rings. The fourth-order valence-electron chi connectivity index (χ4n) is 5.81. The Morgan fingerprint density at radius 3 is 2.50 bits per heavy atom. The number of aliphatic hydroxyl groups excluding tert-OH is 1. The Hall–Kier alpha value is -2.69. The van der Waals surface area contributed by atoms with Crippen molar-refractivity contribution in [3.63, 3.8) is 0 Å². The van der Waals surface area contributed by atoms with Gasteiger partial charge in [-0.05, 0) is 62.6 Å². The summed E-state index contributed by atoms with van der Waals surface area (Å²) in [7, 11) is 0. The molecular formula is C28H33F5N4O. The number of halogens is 5. The summed E-state index contributed by atoms with van der Waals surface area (Å²) in [6.45, 7) is 3.68. The number of rotatable bonds is 9. The molecule has 1 aromatic heterocycles. The first-order chi connectivity index (χ1) is 18.1. The third kappa shape index (κ3) is 5.13. The van der Waals surface area contributed by atoms with Crippen molar-refractivity contribution in [2.75, 3.05) is 44.8 Å². The van der Waals surface area contributed by atoms with Gasteiger partial charge in [-0.3, -0.25) is 14.2 Å². The predicted octanol–water partition coefficient (Wildman–Crippen LogP) is 5.10. The largest absolute Gasteiger partial charge is 0.393 e. The lowest BCUT2D eigenvalue weighted by Crippen LogP contribution is -2.54. The van der Waals surface area contributed by atoms with Crippen molar-refractivity contribution in [1.82, 2.24) is 14.8 Å². The summed E-state index contributed by atoms with van der Waals surface area (Å²) < 4.78 is 73.0. The highest BCUT2D eigenvalue weighted by Crippen LogP contribution is 2.43. The SMILES string of the molecule is C[C@H]1Cc2c([nH]c3cc(F)ccc23)[C@H](c2c(F)cc(NC3CN(CCCF)C3)cc2F)N1C[C@@](C)(F)CO. The van der Waals surface area contributed by atoms with Crippen molar-refractivity contribution in [2.24, 2.45) is 0 Å². The minimum absolute atomic E-state index is 0.00234. The molecule has 10 heteroatoms. The molecule has 3 heterocycles. The van der Waals surface area contributed by atoms with Crippen molar-refractivity contribution < 1.29 is 27.1 Å². The van der Waals surface area contributed by atoms with Gasteiger partial charge in [0.1, 0.15) is 23.1 Å². The van der Waals surface area contributed by atoms with Crippen LogP contribution in [-0.4, -0.2) is 77.1 Å². The van der Waals surface area contributed by atoms with Gasteiger partial charge in [-0.2, -0.15) is 0 Å². The highest BCUT2D eigenvalue weighted by molar-refractivity contribution is 5.85. The van der Waals surface area contributed by atoms with Gasteiger partial charge in [0.25, 0.3) is 0 Å². The second kappa shape index (κ2) is 10.5. The predicted molar refractivity (Wildman–Crippen MR) is 137 cm³/mol. The van der Waals surface area contributed by atoms with Crippen LogP contribution in [0, 0.1) is 17.5 Å². The standard InChI is InChI=1S/C28H33F5N4O/c1-16-8-21-20-5-4-17(30)9-24(20)35-26(21)27(37(16)14-28(2,33)15-38)25-22(31)10-18(11-23(25)32)34-19-12-36(13-19)7-3-6-29/h4-5,9-11,16,19,27,34-35,38H,3,6-8,12-15H2,1-2H3/t16-,27-,28+/m0/s1. The molecule has 0 radical (unpaired) electrons. The molecule has 3 aromatic rings. The Kier molecular flexibility index (Phi) is 7.41. The number of alkyl halides is 2.